The SMILES string of the molecule is CC(C)(C)CCOCCOCCOCCOCCOCCN. The van der Waals surface area contributed by atoms with Crippen molar-refractivity contribution in [2.75, 3.05) is 72.6 Å². The third-order valence-corrected chi connectivity index (χ3v) is 2.75. The number of hydrogen-bond acceptors (Lipinski definition) is 6. The molecule has 6 nitrogen and oxygen atoms in total. The molecule has 134 valence electrons. The second-order valence-corrected chi connectivity index (χ2v) is 6.16. The zero-order valence-corrected chi connectivity index (χ0v) is 14.6. The summed E-state index contributed by atoms with van der Waals surface area (Å²) in [6, 6.07) is 0. The summed E-state index contributed by atoms with van der Waals surface area (Å²) in [5, 5.41) is 0. The average molecular weight is 321 g/mol. The lowest BCUT2D eigenvalue weighted by Gasteiger charge is -2.17. The minimum atomic E-state index is 0.327. The lowest BCUT2D eigenvalue weighted by molar-refractivity contribution is -0.0119. The Balaban J connectivity index is 3.00. The van der Waals surface area contributed by atoms with Gasteiger partial charge < -0.3 is 29.4 Å². The van der Waals surface area contributed by atoms with Crippen LogP contribution in [0.25, 0.3) is 0 Å². The summed E-state index contributed by atoms with van der Waals surface area (Å²) in [7, 11) is 0. The quantitative estimate of drug-likeness (QED) is 0.434. The van der Waals surface area contributed by atoms with Crippen LogP contribution in [-0.2, 0) is 23.7 Å². The molecule has 0 saturated heterocycles. The van der Waals surface area contributed by atoms with E-state index < -0.39 is 0 Å². The number of nitrogens with two attached hydrogens (primary N) is 1. The first-order valence-electron chi connectivity index (χ1n) is 8.15. The molecule has 0 aromatic heterocycles. The van der Waals surface area contributed by atoms with Gasteiger partial charge in [0.2, 0.25) is 0 Å². The molecule has 6 heteroatoms. The molecule has 0 atom stereocenters. The van der Waals surface area contributed by atoms with Crippen molar-refractivity contribution in [2.45, 2.75) is 27.2 Å². The second-order valence-electron chi connectivity index (χ2n) is 6.16. The molecule has 22 heavy (non-hydrogen) atoms. The molecule has 0 aliphatic rings. The first-order chi connectivity index (χ1) is 10.6. The molecule has 0 fully saturated rings. The Hall–Kier alpha value is -0.240. The Morgan fingerprint density at radius 3 is 1.18 bits per heavy atom. The monoisotopic (exact) mass is 321 g/mol. The highest BCUT2D eigenvalue weighted by molar-refractivity contribution is 4.59. The van der Waals surface area contributed by atoms with Crippen LogP contribution >= 0.6 is 0 Å². The Labute approximate surface area is 135 Å². The molecular formula is C16H35NO5. The Morgan fingerprint density at radius 1 is 0.545 bits per heavy atom. The summed E-state index contributed by atoms with van der Waals surface area (Å²) in [5.74, 6) is 0. The number of ether oxygens (including phenoxy) is 5. The van der Waals surface area contributed by atoms with Gasteiger partial charge in [-0.1, -0.05) is 20.8 Å². The first kappa shape index (κ1) is 21.8. The van der Waals surface area contributed by atoms with E-state index in [2.05, 4.69) is 20.8 Å². The summed E-state index contributed by atoms with van der Waals surface area (Å²) in [5.41, 5.74) is 5.62. The predicted molar refractivity (Wildman–Crippen MR) is 87.2 cm³/mol. The minimum absolute atomic E-state index is 0.327. The van der Waals surface area contributed by atoms with E-state index in [1.165, 1.54) is 0 Å². The lowest BCUT2D eigenvalue weighted by atomic mass is 9.93. The molecule has 2 N–H and O–H groups in total. The highest BCUT2D eigenvalue weighted by atomic mass is 16.6. The van der Waals surface area contributed by atoms with Crippen molar-refractivity contribution < 1.29 is 23.7 Å². The molecular weight excluding hydrogens is 286 g/mol. The van der Waals surface area contributed by atoms with Gasteiger partial charge in [-0.15, -0.1) is 0 Å². The zero-order valence-electron chi connectivity index (χ0n) is 14.6. The van der Waals surface area contributed by atoms with Crippen LogP contribution in [0.3, 0.4) is 0 Å². The van der Waals surface area contributed by atoms with Crippen LogP contribution < -0.4 is 5.73 Å². The van der Waals surface area contributed by atoms with Crippen LogP contribution in [-0.4, -0.2) is 72.6 Å². The Bertz CT molecular complexity index is 221. The van der Waals surface area contributed by atoms with E-state index in [0.29, 0.717) is 71.4 Å². The van der Waals surface area contributed by atoms with Crippen molar-refractivity contribution in [3.8, 4) is 0 Å². The van der Waals surface area contributed by atoms with Crippen molar-refractivity contribution in [1.82, 2.24) is 0 Å². The maximum atomic E-state index is 5.50. The van der Waals surface area contributed by atoms with Gasteiger partial charge in [-0.25, -0.2) is 0 Å². The number of rotatable bonds is 16. The van der Waals surface area contributed by atoms with Gasteiger partial charge in [0.05, 0.1) is 59.5 Å². The molecule has 0 amide bonds. The Morgan fingerprint density at radius 2 is 0.864 bits per heavy atom. The van der Waals surface area contributed by atoms with E-state index in [1.807, 2.05) is 0 Å². The van der Waals surface area contributed by atoms with Gasteiger partial charge in [0.1, 0.15) is 0 Å². The van der Waals surface area contributed by atoms with Gasteiger partial charge in [-0.2, -0.15) is 0 Å². The topological polar surface area (TPSA) is 72.2 Å². The largest absolute Gasteiger partial charge is 0.379 e. The van der Waals surface area contributed by atoms with Crippen molar-refractivity contribution in [1.29, 1.82) is 0 Å². The fourth-order valence-electron chi connectivity index (χ4n) is 1.44. The molecule has 0 spiro atoms. The summed E-state index contributed by atoms with van der Waals surface area (Å²) in [6.07, 6.45) is 1.06. The predicted octanol–water partition coefficient (Wildman–Crippen LogP) is 1.46. The van der Waals surface area contributed by atoms with Gasteiger partial charge in [0, 0.05) is 13.2 Å². The van der Waals surface area contributed by atoms with E-state index in [0.717, 1.165) is 13.0 Å². The highest BCUT2D eigenvalue weighted by Gasteiger charge is 2.08. The van der Waals surface area contributed by atoms with E-state index >= 15 is 0 Å². The summed E-state index contributed by atoms with van der Waals surface area (Å²) in [6.45, 7) is 13.3. The van der Waals surface area contributed by atoms with Gasteiger partial charge >= 0.3 is 0 Å². The van der Waals surface area contributed by atoms with Gasteiger partial charge in [0.15, 0.2) is 0 Å². The van der Waals surface area contributed by atoms with E-state index in [-0.39, 0.29) is 0 Å². The van der Waals surface area contributed by atoms with Crippen LogP contribution in [0.4, 0.5) is 0 Å². The van der Waals surface area contributed by atoms with Crippen molar-refractivity contribution in [3.63, 3.8) is 0 Å². The smallest absolute Gasteiger partial charge is 0.0701 e. The van der Waals surface area contributed by atoms with Crippen molar-refractivity contribution in [2.24, 2.45) is 11.1 Å². The summed E-state index contributed by atoms with van der Waals surface area (Å²) >= 11 is 0. The molecule has 0 aromatic rings. The van der Waals surface area contributed by atoms with E-state index in [1.54, 1.807) is 0 Å². The standard InChI is InChI=1S/C16H35NO5/c1-16(2,3)4-6-18-8-10-20-12-14-22-15-13-21-11-9-19-7-5-17/h4-15,17H2,1-3H3. The fourth-order valence-corrected chi connectivity index (χ4v) is 1.44. The van der Waals surface area contributed by atoms with Crippen LogP contribution in [0.2, 0.25) is 0 Å². The first-order valence-corrected chi connectivity index (χ1v) is 8.15. The van der Waals surface area contributed by atoms with Gasteiger partial charge in [-0.05, 0) is 11.8 Å². The molecule has 0 aliphatic heterocycles. The van der Waals surface area contributed by atoms with Crippen LogP contribution in [0.5, 0.6) is 0 Å². The zero-order chi connectivity index (χ0) is 16.5. The second kappa shape index (κ2) is 15.6. The molecule has 0 rings (SSSR count). The normalized spacial score (nSPS) is 12.0. The highest BCUT2D eigenvalue weighted by Crippen LogP contribution is 2.17. The molecule has 0 aliphatic carbocycles. The molecule has 0 bridgehead atoms. The Kier molecular flexibility index (Phi) is 15.5. The van der Waals surface area contributed by atoms with Crippen molar-refractivity contribution in [3.05, 3.63) is 0 Å². The maximum absolute atomic E-state index is 5.50. The van der Waals surface area contributed by atoms with Gasteiger partial charge in [-0.3, -0.25) is 0 Å². The molecule has 0 saturated carbocycles. The fraction of sp³-hybridized carbons (Fsp3) is 1.00. The van der Waals surface area contributed by atoms with E-state index in [9.17, 15) is 0 Å². The average Bonchev–Trinajstić information content (AvgIpc) is 2.45. The third-order valence-electron chi connectivity index (χ3n) is 2.75. The van der Waals surface area contributed by atoms with Crippen LogP contribution in [0, 0.1) is 5.41 Å². The minimum Gasteiger partial charge on any atom is -0.379 e. The molecule has 0 radical (unpaired) electrons. The molecule has 0 aromatic carbocycles. The summed E-state index contributed by atoms with van der Waals surface area (Å²) in [4.78, 5) is 0. The third kappa shape index (κ3) is 19.8. The molecule has 0 heterocycles. The van der Waals surface area contributed by atoms with Crippen LogP contribution in [0.1, 0.15) is 27.2 Å². The van der Waals surface area contributed by atoms with Gasteiger partial charge in [0.25, 0.3) is 0 Å². The maximum Gasteiger partial charge on any atom is 0.0701 e. The molecule has 0 unspecified atom stereocenters. The van der Waals surface area contributed by atoms with Crippen LogP contribution in [0.15, 0.2) is 0 Å². The number of hydrogen-bond donors (Lipinski definition) is 1. The summed E-state index contributed by atoms with van der Waals surface area (Å²) < 4.78 is 26.8. The van der Waals surface area contributed by atoms with E-state index in [4.69, 9.17) is 29.4 Å². The van der Waals surface area contributed by atoms with Crippen molar-refractivity contribution >= 4 is 0 Å². The lowest BCUT2D eigenvalue weighted by Crippen LogP contribution is -2.15.